The first-order valence-corrected chi connectivity index (χ1v) is 13.4. The summed E-state index contributed by atoms with van der Waals surface area (Å²) in [5, 5.41) is 0. The maximum atomic E-state index is 14.1. The van der Waals surface area contributed by atoms with Gasteiger partial charge in [0.05, 0.1) is 13.2 Å². The van der Waals surface area contributed by atoms with Gasteiger partial charge in [0.25, 0.3) is 0 Å². The van der Waals surface area contributed by atoms with Crippen LogP contribution in [0.25, 0.3) is 0 Å². The second-order valence-corrected chi connectivity index (χ2v) is 10.1. The molecule has 0 heterocycles. The van der Waals surface area contributed by atoms with E-state index in [1.54, 1.807) is 6.92 Å². The van der Waals surface area contributed by atoms with Crippen molar-refractivity contribution in [3.05, 3.63) is 35.4 Å². The summed E-state index contributed by atoms with van der Waals surface area (Å²) in [5.74, 6) is -56.6. The summed E-state index contributed by atoms with van der Waals surface area (Å²) in [6, 6.07) is 4.23. The molecule has 1 rings (SSSR count). The number of hydrogen-bond donors (Lipinski definition) is 1. The van der Waals surface area contributed by atoms with Gasteiger partial charge >= 0.3 is 53.6 Å². The Bertz CT molecular complexity index is 1140. The zero-order valence-corrected chi connectivity index (χ0v) is 24.0. The number of carbonyl (C=O) groups excluding carboxylic acids is 1. The Morgan fingerprint density at radius 2 is 1.06 bits per heavy atom. The SMILES string of the molecule is CCOC(=O)CCCCCCNOCc1ccc(CCC(F)(F)C(F)(F)C(F)(F)C(F)(F)C(F)(F)C(F)(F)C(F)(F)C(F)(F)F)cc1. The van der Waals surface area contributed by atoms with Crippen molar-refractivity contribution < 1.29 is 89.0 Å². The Kier molecular flexibility index (Phi) is 13.8. The minimum Gasteiger partial charge on any atom is -0.466 e. The number of aryl methyl sites for hydroxylation is 1. The summed E-state index contributed by atoms with van der Waals surface area (Å²) in [7, 11) is 0. The minimum absolute atomic E-state index is 0.148. The van der Waals surface area contributed by atoms with Crippen LogP contribution in [0.4, 0.5) is 74.6 Å². The molecule has 0 amide bonds. The van der Waals surface area contributed by atoms with E-state index in [0.29, 0.717) is 24.9 Å². The second kappa shape index (κ2) is 15.3. The summed E-state index contributed by atoms with van der Waals surface area (Å²) in [4.78, 5) is 16.3. The molecule has 0 bridgehead atoms. The lowest BCUT2D eigenvalue weighted by atomic mass is 9.87. The molecule has 47 heavy (non-hydrogen) atoms. The number of nitrogens with one attached hydrogen (secondary N) is 1. The van der Waals surface area contributed by atoms with Crippen LogP contribution in [0, 0.1) is 0 Å². The van der Waals surface area contributed by atoms with Crippen LogP contribution < -0.4 is 5.48 Å². The molecule has 0 radical (unpaired) electrons. The quantitative estimate of drug-likeness (QED) is 0.0631. The van der Waals surface area contributed by atoms with Crippen molar-refractivity contribution in [1.29, 1.82) is 0 Å². The minimum atomic E-state index is -8.64. The lowest BCUT2D eigenvalue weighted by Gasteiger charge is -2.42. The summed E-state index contributed by atoms with van der Waals surface area (Å²) < 4.78 is 232. The standard InChI is InChI=1S/C26H28F17NO3/c1-2-46-18(45)7-5-3-4-6-14-44-47-15-17-10-8-16(9-11-17)12-13-19(27,28)20(29,30)21(31,32)22(33,34)23(35,36)24(37,38)25(39,40)26(41,42)43/h8-11,44H,2-7,12-15H2,1H3. The molecule has 1 aromatic carbocycles. The van der Waals surface area contributed by atoms with Gasteiger partial charge in [0.1, 0.15) is 0 Å². The number of carbonyl (C=O) groups is 1. The van der Waals surface area contributed by atoms with E-state index < -0.39 is 60.5 Å². The molecule has 0 saturated carbocycles. The Balaban J connectivity index is 2.82. The monoisotopic (exact) mass is 725 g/mol. The zero-order valence-electron chi connectivity index (χ0n) is 24.0. The molecular formula is C26H28F17NO3. The predicted molar refractivity (Wildman–Crippen MR) is 128 cm³/mol. The third kappa shape index (κ3) is 8.91. The Labute approximate surface area is 255 Å². The molecule has 0 aliphatic carbocycles. The third-order valence-electron chi connectivity index (χ3n) is 6.59. The van der Waals surface area contributed by atoms with Gasteiger partial charge in [0.2, 0.25) is 0 Å². The number of esters is 1. The number of ether oxygens (including phenoxy) is 1. The molecule has 0 unspecified atom stereocenters. The Hall–Kier alpha value is -2.58. The fourth-order valence-corrected chi connectivity index (χ4v) is 3.72. The van der Waals surface area contributed by atoms with Gasteiger partial charge in [-0.2, -0.15) is 74.6 Å². The van der Waals surface area contributed by atoms with Gasteiger partial charge < -0.3 is 4.74 Å². The van der Waals surface area contributed by atoms with Crippen LogP contribution in [0.1, 0.15) is 56.6 Å². The van der Waals surface area contributed by atoms with Gasteiger partial charge in [0.15, 0.2) is 0 Å². The number of hydrogen-bond acceptors (Lipinski definition) is 4. The highest BCUT2D eigenvalue weighted by atomic mass is 19.4. The van der Waals surface area contributed by atoms with Crippen molar-refractivity contribution in [1.82, 2.24) is 5.48 Å². The fourth-order valence-electron chi connectivity index (χ4n) is 3.72. The van der Waals surface area contributed by atoms with E-state index in [4.69, 9.17) is 9.57 Å². The topological polar surface area (TPSA) is 47.6 Å². The van der Waals surface area contributed by atoms with Gasteiger partial charge in [-0.05, 0) is 37.3 Å². The molecule has 274 valence electrons. The average molecular weight is 725 g/mol. The van der Waals surface area contributed by atoms with Gasteiger partial charge in [-0.25, -0.2) is 5.48 Å². The summed E-state index contributed by atoms with van der Waals surface area (Å²) >= 11 is 0. The van der Waals surface area contributed by atoms with Crippen LogP contribution in [-0.4, -0.2) is 66.8 Å². The second-order valence-electron chi connectivity index (χ2n) is 10.1. The third-order valence-corrected chi connectivity index (χ3v) is 6.59. The highest BCUT2D eigenvalue weighted by molar-refractivity contribution is 5.69. The molecule has 21 heteroatoms. The van der Waals surface area contributed by atoms with Crippen molar-refractivity contribution in [2.45, 2.75) is 106 Å². The van der Waals surface area contributed by atoms with E-state index in [9.17, 15) is 79.4 Å². The summed E-state index contributed by atoms with van der Waals surface area (Å²) in [6.07, 6.45) is -8.66. The Morgan fingerprint density at radius 3 is 1.55 bits per heavy atom. The maximum absolute atomic E-state index is 14.1. The summed E-state index contributed by atoms with van der Waals surface area (Å²) in [6.45, 7) is 2.18. The molecule has 0 aromatic heterocycles. The van der Waals surface area contributed by atoms with Gasteiger partial charge in [0, 0.05) is 19.4 Å². The average Bonchev–Trinajstić information content (AvgIpc) is 2.94. The van der Waals surface area contributed by atoms with Crippen molar-refractivity contribution in [3.63, 3.8) is 0 Å². The van der Waals surface area contributed by atoms with Crippen LogP contribution in [0.15, 0.2) is 24.3 Å². The van der Waals surface area contributed by atoms with Crippen molar-refractivity contribution in [2.24, 2.45) is 0 Å². The van der Waals surface area contributed by atoms with Crippen molar-refractivity contribution in [2.75, 3.05) is 13.2 Å². The molecule has 1 N–H and O–H groups in total. The fraction of sp³-hybridized carbons (Fsp3) is 0.731. The number of halogens is 17. The van der Waals surface area contributed by atoms with E-state index >= 15 is 0 Å². The van der Waals surface area contributed by atoms with Crippen LogP contribution in [-0.2, 0) is 27.4 Å². The van der Waals surface area contributed by atoms with Crippen molar-refractivity contribution in [3.8, 4) is 0 Å². The van der Waals surface area contributed by atoms with E-state index in [1.165, 1.54) is 0 Å². The number of unbranched alkanes of at least 4 members (excludes halogenated alkanes) is 3. The lowest BCUT2D eigenvalue weighted by Crippen LogP contribution is -2.74. The number of benzene rings is 1. The largest absolute Gasteiger partial charge is 0.466 e. The van der Waals surface area contributed by atoms with Crippen LogP contribution in [0.2, 0.25) is 0 Å². The smallest absolute Gasteiger partial charge is 0.460 e. The van der Waals surface area contributed by atoms with Crippen LogP contribution >= 0.6 is 0 Å². The number of hydroxylamine groups is 1. The first-order valence-electron chi connectivity index (χ1n) is 13.4. The van der Waals surface area contributed by atoms with E-state index in [1.807, 2.05) is 0 Å². The highest BCUT2D eigenvalue weighted by Gasteiger charge is 2.95. The van der Waals surface area contributed by atoms with E-state index in [2.05, 4.69) is 5.48 Å². The zero-order chi connectivity index (χ0) is 36.8. The maximum Gasteiger partial charge on any atom is 0.460 e. The normalized spacial score (nSPS) is 14.4. The molecule has 0 atom stereocenters. The lowest BCUT2D eigenvalue weighted by molar-refractivity contribution is -0.461. The molecular weight excluding hydrogens is 697 g/mol. The number of alkyl halides is 17. The van der Waals surface area contributed by atoms with E-state index in [-0.39, 0.29) is 31.2 Å². The molecule has 4 nitrogen and oxygen atoms in total. The Morgan fingerprint density at radius 1 is 0.617 bits per heavy atom. The van der Waals surface area contributed by atoms with Gasteiger partial charge in [-0.1, -0.05) is 37.1 Å². The molecule has 0 aliphatic rings. The van der Waals surface area contributed by atoms with Gasteiger partial charge in [-0.15, -0.1) is 0 Å². The molecule has 0 fully saturated rings. The van der Waals surface area contributed by atoms with Crippen molar-refractivity contribution >= 4 is 5.97 Å². The van der Waals surface area contributed by atoms with Crippen LogP contribution in [0.5, 0.6) is 0 Å². The molecule has 1 aromatic rings. The van der Waals surface area contributed by atoms with E-state index in [0.717, 1.165) is 37.1 Å². The van der Waals surface area contributed by atoms with Gasteiger partial charge in [-0.3, -0.25) is 9.63 Å². The van der Waals surface area contributed by atoms with Crippen LogP contribution in [0.3, 0.4) is 0 Å². The first-order chi connectivity index (χ1) is 21.2. The predicted octanol–water partition coefficient (Wildman–Crippen LogP) is 9.16. The first kappa shape index (κ1) is 42.4. The summed E-state index contributed by atoms with van der Waals surface area (Å²) in [5.41, 5.74) is 2.57. The highest BCUT2D eigenvalue weighted by Crippen LogP contribution is 2.64. The number of rotatable bonds is 20. The molecule has 0 aliphatic heterocycles. The molecule has 0 spiro atoms. The molecule has 0 saturated heterocycles.